The Bertz CT molecular complexity index is 356. The molecule has 0 unspecified atom stereocenters. The highest BCUT2D eigenvalue weighted by Crippen LogP contribution is 2.04. The first-order valence-corrected chi connectivity index (χ1v) is 5.66. The SMILES string of the molecule is O=C(OCc1ccccc1)[C@H](S)C/N=C/Cl. The zero-order valence-electron chi connectivity index (χ0n) is 8.54. The summed E-state index contributed by atoms with van der Waals surface area (Å²) in [6.07, 6.45) is 0. The average Bonchev–Trinajstić information content (AvgIpc) is 2.34. The zero-order valence-corrected chi connectivity index (χ0v) is 10.2. The van der Waals surface area contributed by atoms with E-state index in [9.17, 15) is 4.79 Å². The molecule has 86 valence electrons. The second-order valence-corrected chi connectivity index (χ2v) is 3.89. The summed E-state index contributed by atoms with van der Waals surface area (Å²) in [5.41, 5.74) is 2.06. The lowest BCUT2D eigenvalue weighted by molar-refractivity contribution is -0.144. The number of nitrogens with zero attached hydrogens (tertiary/aromatic N) is 1. The van der Waals surface area contributed by atoms with Crippen molar-refractivity contribution in [2.75, 3.05) is 6.54 Å². The maximum atomic E-state index is 11.4. The molecular formula is C11H12ClNO2S. The maximum Gasteiger partial charge on any atom is 0.321 e. The van der Waals surface area contributed by atoms with Gasteiger partial charge in [0.15, 0.2) is 0 Å². The minimum Gasteiger partial charge on any atom is -0.460 e. The van der Waals surface area contributed by atoms with Gasteiger partial charge in [0.05, 0.1) is 12.2 Å². The predicted molar refractivity (Wildman–Crippen MR) is 68.2 cm³/mol. The minimum atomic E-state index is -0.571. The van der Waals surface area contributed by atoms with Gasteiger partial charge in [0, 0.05) is 0 Å². The molecule has 0 bridgehead atoms. The van der Waals surface area contributed by atoms with Crippen LogP contribution >= 0.6 is 24.2 Å². The quantitative estimate of drug-likeness (QED) is 0.499. The van der Waals surface area contributed by atoms with E-state index in [1.807, 2.05) is 30.3 Å². The van der Waals surface area contributed by atoms with Crippen LogP contribution in [-0.4, -0.2) is 23.4 Å². The smallest absolute Gasteiger partial charge is 0.321 e. The van der Waals surface area contributed by atoms with E-state index in [0.717, 1.165) is 11.2 Å². The highest BCUT2D eigenvalue weighted by molar-refractivity contribution is 7.81. The van der Waals surface area contributed by atoms with Gasteiger partial charge >= 0.3 is 5.97 Å². The Morgan fingerprint density at radius 2 is 2.19 bits per heavy atom. The van der Waals surface area contributed by atoms with Crippen LogP contribution in [0.25, 0.3) is 0 Å². The summed E-state index contributed by atoms with van der Waals surface area (Å²) in [5, 5.41) is -0.571. The van der Waals surface area contributed by atoms with Crippen molar-refractivity contribution in [3.63, 3.8) is 0 Å². The van der Waals surface area contributed by atoms with Gasteiger partial charge in [-0.05, 0) is 5.56 Å². The number of benzene rings is 1. The van der Waals surface area contributed by atoms with Crippen LogP contribution in [0.1, 0.15) is 5.56 Å². The fraction of sp³-hybridized carbons (Fsp3) is 0.273. The largest absolute Gasteiger partial charge is 0.460 e. The van der Waals surface area contributed by atoms with Gasteiger partial charge in [-0.15, -0.1) is 0 Å². The maximum absolute atomic E-state index is 11.4. The molecule has 0 aliphatic heterocycles. The molecule has 0 aromatic heterocycles. The molecule has 16 heavy (non-hydrogen) atoms. The van der Waals surface area contributed by atoms with Crippen LogP contribution in [-0.2, 0) is 16.1 Å². The van der Waals surface area contributed by atoms with E-state index < -0.39 is 11.2 Å². The van der Waals surface area contributed by atoms with Gasteiger partial charge < -0.3 is 4.74 Å². The standard InChI is InChI=1S/C11H12ClNO2S/c12-8-13-6-10(16)11(14)15-7-9-4-2-1-3-5-9/h1-5,8,10,16H,6-7H2/b13-8+/t10-/m1/s1. The summed E-state index contributed by atoms with van der Waals surface area (Å²) in [5.74, 6) is -0.394. The average molecular weight is 258 g/mol. The fourth-order valence-corrected chi connectivity index (χ4v) is 1.29. The Hall–Kier alpha value is -1.00. The first kappa shape index (κ1) is 13.1. The number of halogens is 1. The molecule has 0 amide bonds. The number of thiol groups is 1. The van der Waals surface area contributed by atoms with Crippen LogP contribution in [0.5, 0.6) is 0 Å². The van der Waals surface area contributed by atoms with Crippen LogP contribution in [0.15, 0.2) is 35.3 Å². The zero-order chi connectivity index (χ0) is 11.8. The number of rotatable bonds is 5. The second kappa shape index (κ2) is 7.30. The van der Waals surface area contributed by atoms with E-state index >= 15 is 0 Å². The van der Waals surface area contributed by atoms with E-state index in [1.165, 1.54) is 0 Å². The Morgan fingerprint density at radius 3 is 2.81 bits per heavy atom. The van der Waals surface area contributed by atoms with E-state index in [4.69, 9.17) is 16.3 Å². The highest BCUT2D eigenvalue weighted by Gasteiger charge is 2.14. The molecule has 0 fully saturated rings. The molecule has 1 aromatic rings. The topological polar surface area (TPSA) is 38.7 Å². The van der Waals surface area contributed by atoms with Gasteiger partial charge in [0.2, 0.25) is 0 Å². The predicted octanol–water partition coefficient (Wildman–Crippen LogP) is 2.30. The molecule has 0 saturated carbocycles. The molecule has 1 rings (SSSR count). The van der Waals surface area contributed by atoms with Crippen LogP contribution in [0, 0.1) is 0 Å². The molecule has 0 saturated heterocycles. The van der Waals surface area contributed by atoms with Crippen molar-refractivity contribution in [2.24, 2.45) is 4.99 Å². The molecule has 5 heteroatoms. The Labute approximate surface area is 105 Å². The van der Waals surface area contributed by atoms with Crippen LogP contribution in [0.4, 0.5) is 0 Å². The number of esters is 1. The summed E-state index contributed by atoms with van der Waals surface area (Å²) in [6, 6.07) is 9.45. The summed E-state index contributed by atoms with van der Waals surface area (Å²) in [6.45, 7) is 0.474. The van der Waals surface area contributed by atoms with Gasteiger partial charge in [-0.3, -0.25) is 9.79 Å². The Balaban J connectivity index is 2.35. The summed E-state index contributed by atoms with van der Waals surface area (Å²) < 4.78 is 5.05. The third kappa shape index (κ3) is 4.68. The summed E-state index contributed by atoms with van der Waals surface area (Å²) >= 11 is 9.30. The number of hydrogen-bond donors (Lipinski definition) is 1. The number of ether oxygens (including phenoxy) is 1. The number of hydrogen-bond acceptors (Lipinski definition) is 4. The number of aliphatic imine (C=N–C) groups is 1. The molecule has 0 spiro atoms. The lowest BCUT2D eigenvalue weighted by atomic mass is 10.2. The summed E-state index contributed by atoms with van der Waals surface area (Å²) in [4.78, 5) is 15.1. The molecule has 0 N–H and O–H groups in total. The Morgan fingerprint density at radius 1 is 1.50 bits per heavy atom. The van der Waals surface area contributed by atoms with Crippen molar-refractivity contribution in [2.45, 2.75) is 11.9 Å². The van der Waals surface area contributed by atoms with Gasteiger partial charge in [-0.1, -0.05) is 41.9 Å². The summed E-state index contributed by atoms with van der Waals surface area (Å²) in [7, 11) is 0. The fourth-order valence-electron chi connectivity index (χ4n) is 1.04. The number of carbonyl (C=O) groups excluding carboxylic acids is 1. The number of carbonyl (C=O) groups is 1. The van der Waals surface area contributed by atoms with E-state index in [2.05, 4.69) is 17.6 Å². The molecule has 0 heterocycles. The van der Waals surface area contributed by atoms with Crippen molar-refractivity contribution < 1.29 is 9.53 Å². The monoisotopic (exact) mass is 257 g/mol. The third-order valence-corrected chi connectivity index (χ3v) is 2.36. The third-order valence-electron chi connectivity index (χ3n) is 1.84. The Kier molecular flexibility index (Phi) is 5.96. The lowest BCUT2D eigenvalue weighted by Gasteiger charge is -2.08. The molecular weight excluding hydrogens is 246 g/mol. The van der Waals surface area contributed by atoms with Crippen molar-refractivity contribution >= 4 is 35.9 Å². The minimum absolute atomic E-state index is 0.222. The molecule has 1 atom stereocenters. The van der Waals surface area contributed by atoms with Gasteiger partial charge in [-0.2, -0.15) is 12.6 Å². The lowest BCUT2D eigenvalue weighted by Crippen LogP contribution is -2.20. The molecule has 3 nitrogen and oxygen atoms in total. The van der Waals surface area contributed by atoms with Crippen molar-refractivity contribution in [3.05, 3.63) is 35.9 Å². The first-order valence-electron chi connectivity index (χ1n) is 4.71. The van der Waals surface area contributed by atoms with Crippen LogP contribution in [0.2, 0.25) is 0 Å². The van der Waals surface area contributed by atoms with E-state index in [1.54, 1.807) is 0 Å². The van der Waals surface area contributed by atoms with Crippen molar-refractivity contribution in [1.29, 1.82) is 0 Å². The van der Waals surface area contributed by atoms with Crippen molar-refractivity contribution in [3.8, 4) is 0 Å². The second-order valence-electron chi connectivity index (χ2n) is 3.07. The molecule has 0 radical (unpaired) electrons. The van der Waals surface area contributed by atoms with E-state index in [0.29, 0.717) is 0 Å². The van der Waals surface area contributed by atoms with Crippen LogP contribution < -0.4 is 0 Å². The molecule has 0 aliphatic rings. The normalized spacial score (nSPS) is 12.6. The first-order chi connectivity index (χ1) is 7.74. The van der Waals surface area contributed by atoms with Gasteiger partial charge in [0.1, 0.15) is 11.9 Å². The highest BCUT2D eigenvalue weighted by atomic mass is 35.5. The molecule has 0 aliphatic carbocycles. The van der Waals surface area contributed by atoms with Gasteiger partial charge in [-0.25, -0.2) is 0 Å². The van der Waals surface area contributed by atoms with Crippen LogP contribution in [0.3, 0.4) is 0 Å². The van der Waals surface area contributed by atoms with Gasteiger partial charge in [0.25, 0.3) is 0 Å². The van der Waals surface area contributed by atoms with Crippen molar-refractivity contribution in [1.82, 2.24) is 0 Å². The molecule has 1 aromatic carbocycles. The van der Waals surface area contributed by atoms with E-state index in [-0.39, 0.29) is 13.2 Å².